The van der Waals surface area contributed by atoms with Gasteiger partial charge in [0.15, 0.2) is 11.7 Å². The number of nitrogens with one attached hydrogen (secondary N) is 2. The second kappa shape index (κ2) is 10.0. The molecule has 8 nitrogen and oxygen atoms in total. The summed E-state index contributed by atoms with van der Waals surface area (Å²) in [5.74, 6) is -3.78. The van der Waals surface area contributed by atoms with Gasteiger partial charge in [-0.2, -0.15) is 0 Å². The molecule has 1 unspecified atom stereocenters. The van der Waals surface area contributed by atoms with Crippen molar-refractivity contribution in [2.75, 3.05) is 11.9 Å². The van der Waals surface area contributed by atoms with E-state index in [4.69, 9.17) is 21.1 Å². The van der Waals surface area contributed by atoms with Crippen LogP contribution in [0.1, 0.15) is 42.3 Å². The Bertz CT molecular complexity index is 1080. The summed E-state index contributed by atoms with van der Waals surface area (Å²) in [4.78, 5) is 49.0. The van der Waals surface area contributed by atoms with E-state index in [2.05, 4.69) is 10.6 Å². The van der Waals surface area contributed by atoms with Crippen LogP contribution in [0.25, 0.3) is 0 Å². The molecule has 1 heterocycles. The molecule has 0 spiro atoms. The molecule has 0 saturated carbocycles. The quantitative estimate of drug-likeness (QED) is 0.487. The molecule has 1 aliphatic heterocycles. The number of fused-ring (bicyclic) bond motifs is 1. The van der Waals surface area contributed by atoms with Crippen LogP contribution in [0.3, 0.4) is 0 Å². The highest BCUT2D eigenvalue weighted by atomic mass is 35.5. The van der Waals surface area contributed by atoms with Gasteiger partial charge in [-0.15, -0.1) is 0 Å². The molecule has 2 aromatic carbocycles. The summed E-state index contributed by atoms with van der Waals surface area (Å²) in [6.07, 6.45) is -0.0919. The molecule has 1 atom stereocenters. The number of carbonyl (C=O) groups excluding carboxylic acids is 4. The molecule has 2 amide bonds. The first kappa shape index (κ1) is 24.3. The minimum atomic E-state index is -1.54. The summed E-state index contributed by atoms with van der Waals surface area (Å²) in [5, 5.41) is 5.57. The normalized spacial score (nSPS) is 15.3. The van der Waals surface area contributed by atoms with Crippen molar-refractivity contribution in [3.8, 4) is 0 Å². The number of hydrogen-bond acceptors (Lipinski definition) is 6. The molecule has 3 rings (SSSR count). The van der Waals surface area contributed by atoms with Crippen LogP contribution in [0.15, 0.2) is 42.5 Å². The minimum absolute atomic E-state index is 0.0128. The standard InChI is InChI=1S/C24H25ClN2O6/c1-24(2,3)33-23(31)26-13-15-6-4-14(5-7-15)10-11-32-22(30)19-20(28)17-9-8-16(25)12-18(17)27-21(19)29/h4-9,12,19H,10-11,13H2,1-3H3,(H,26,31)(H,27,29). The SMILES string of the molecule is CC(C)(C)OC(=O)NCc1ccc(CCOC(=O)C2C(=O)Nc3cc(Cl)ccc3C2=O)cc1. The molecule has 0 aromatic heterocycles. The van der Waals surface area contributed by atoms with Gasteiger partial charge < -0.3 is 20.1 Å². The lowest BCUT2D eigenvalue weighted by Gasteiger charge is -2.22. The zero-order chi connectivity index (χ0) is 24.2. The number of Topliss-reactive ketones (excluding diaryl/α,β-unsaturated/α-hetero) is 1. The first-order chi connectivity index (χ1) is 15.5. The van der Waals surface area contributed by atoms with Crippen LogP contribution < -0.4 is 10.6 Å². The zero-order valence-electron chi connectivity index (χ0n) is 18.6. The molecular formula is C24H25ClN2O6. The monoisotopic (exact) mass is 472 g/mol. The van der Waals surface area contributed by atoms with Gasteiger partial charge in [0.25, 0.3) is 0 Å². The van der Waals surface area contributed by atoms with E-state index in [-0.39, 0.29) is 17.9 Å². The fourth-order valence-corrected chi connectivity index (χ4v) is 3.37. The van der Waals surface area contributed by atoms with Gasteiger partial charge in [0.1, 0.15) is 5.60 Å². The van der Waals surface area contributed by atoms with Gasteiger partial charge in [-0.05, 0) is 50.1 Å². The number of carbonyl (C=O) groups is 4. The highest BCUT2D eigenvalue weighted by molar-refractivity contribution is 6.33. The number of alkyl carbamates (subject to hydrolysis) is 1. The third kappa shape index (κ3) is 6.55. The van der Waals surface area contributed by atoms with E-state index in [1.165, 1.54) is 18.2 Å². The molecular weight excluding hydrogens is 448 g/mol. The van der Waals surface area contributed by atoms with Gasteiger partial charge >= 0.3 is 12.1 Å². The smallest absolute Gasteiger partial charge is 0.407 e. The number of halogens is 1. The Kier molecular flexibility index (Phi) is 7.38. The van der Waals surface area contributed by atoms with Crippen LogP contribution in [0.2, 0.25) is 5.02 Å². The Balaban J connectivity index is 1.48. The first-order valence-electron chi connectivity index (χ1n) is 10.4. The molecule has 9 heteroatoms. The van der Waals surface area contributed by atoms with Gasteiger partial charge in [-0.3, -0.25) is 14.4 Å². The number of ketones is 1. The number of benzene rings is 2. The van der Waals surface area contributed by atoms with Crippen LogP contribution in [-0.4, -0.2) is 36.0 Å². The molecule has 174 valence electrons. The third-order valence-electron chi connectivity index (χ3n) is 4.76. The third-order valence-corrected chi connectivity index (χ3v) is 4.99. The Labute approximate surface area is 196 Å². The fraction of sp³-hybridized carbons (Fsp3) is 0.333. The van der Waals surface area contributed by atoms with Crippen LogP contribution in [-0.2, 0) is 32.0 Å². The Hall–Kier alpha value is -3.39. The van der Waals surface area contributed by atoms with Gasteiger partial charge in [-0.25, -0.2) is 4.79 Å². The lowest BCUT2D eigenvalue weighted by Crippen LogP contribution is -2.41. The summed E-state index contributed by atoms with van der Waals surface area (Å²) in [6, 6.07) is 11.8. The van der Waals surface area contributed by atoms with Gasteiger partial charge in [-0.1, -0.05) is 35.9 Å². The molecule has 0 fully saturated rings. The molecule has 0 aliphatic carbocycles. The second-order valence-corrected chi connectivity index (χ2v) is 9.00. The predicted octanol–water partition coefficient (Wildman–Crippen LogP) is 3.90. The van der Waals surface area contributed by atoms with Crippen molar-refractivity contribution in [3.05, 3.63) is 64.2 Å². The molecule has 0 saturated heterocycles. The summed E-state index contributed by atoms with van der Waals surface area (Å²) >= 11 is 5.88. The van der Waals surface area contributed by atoms with Crippen molar-refractivity contribution >= 4 is 41.0 Å². The van der Waals surface area contributed by atoms with Crippen LogP contribution in [0.5, 0.6) is 0 Å². The zero-order valence-corrected chi connectivity index (χ0v) is 19.3. The average Bonchev–Trinajstić information content (AvgIpc) is 2.71. The predicted molar refractivity (Wildman–Crippen MR) is 122 cm³/mol. The van der Waals surface area contributed by atoms with Crippen molar-refractivity contribution in [3.63, 3.8) is 0 Å². The molecule has 1 aliphatic rings. The van der Waals surface area contributed by atoms with Gasteiger partial charge in [0.2, 0.25) is 5.91 Å². The number of rotatable bonds is 6. The van der Waals surface area contributed by atoms with E-state index in [0.717, 1.165) is 11.1 Å². The lowest BCUT2D eigenvalue weighted by molar-refractivity contribution is -0.149. The largest absolute Gasteiger partial charge is 0.464 e. The van der Waals surface area contributed by atoms with E-state index in [1.54, 1.807) is 20.8 Å². The minimum Gasteiger partial charge on any atom is -0.464 e. The molecule has 0 radical (unpaired) electrons. The van der Waals surface area contributed by atoms with Crippen LogP contribution in [0.4, 0.5) is 10.5 Å². The highest BCUT2D eigenvalue weighted by Crippen LogP contribution is 2.29. The summed E-state index contributed by atoms with van der Waals surface area (Å²) in [7, 11) is 0. The average molecular weight is 473 g/mol. The van der Waals surface area contributed by atoms with E-state index in [0.29, 0.717) is 18.0 Å². The summed E-state index contributed by atoms with van der Waals surface area (Å²) in [6.45, 7) is 5.70. The van der Waals surface area contributed by atoms with Crippen LogP contribution in [0, 0.1) is 5.92 Å². The highest BCUT2D eigenvalue weighted by Gasteiger charge is 2.41. The van der Waals surface area contributed by atoms with E-state index in [1.807, 2.05) is 24.3 Å². The van der Waals surface area contributed by atoms with E-state index < -0.39 is 35.3 Å². The summed E-state index contributed by atoms with van der Waals surface area (Å²) < 4.78 is 10.4. The molecule has 2 aromatic rings. The van der Waals surface area contributed by atoms with Crippen molar-refractivity contribution in [1.29, 1.82) is 0 Å². The molecule has 2 N–H and O–H groups in total. The molecule has 0 bridgehead atoms. The van der Waals surface area contributed by atoms with E-state index >= 15 is 0 Å². The number of esters is 1. The number of anilines is 1. The van der Waals surface area contributed by atoms with Crippen LogP contribution >= 0.6 is 11.6 Å². The maximum Gasteiger partial charge on any atom is 0.407 e. The maximum absolute atomic E-state index is 12.6. The number of amides is 2. The topological polar surface area (TPSA) is 111 Å². The summed E-state index contributed by atoms with van der Waals surface area (Å²) in [5.41, 5.74) is 1.71. The van der Waals surface area contributed by atoms with Gasteiger partial charge in [0.05, 0.1) is 12.3 Å². The maximum atomic E-state index is 12.6. The second-order valence-electron chi connectivity index (χ2n) is 8.57. The first-order valence-corrected chi connectivity index (χ1v) is 10.8. The molecule has 33 heavy (non-hydrogen) atoms. The van der Waals surface area contributed by atoms with Crippen molar-refractivity contribution in [1.82, 2.24) is 5.32 Å². The fourth-order valence-electron chi connectivity index (χ4n) is 3.19. The Morgan fingerprint density at radius 1 is 1.06 bits per heavy atom. The Morgan fingerprint density at radius 3 is 2.39 bits per heavy atom. The van der Waals surface area contributed by atoms with Crippen molar-refractivity contribution in [2.45, 2.75) is 39.3 Å². The Morgan fingerprint density at radius 2 is 1.73 bits per heavy atom. The van der Waals surface area contributed by atoms with Crippen molar-refractivity contribution < 1.29 is 28.7 Å². The lowest BCUT2D eigenvalue weighted by atomic mass is 9.92. The number of hydrogen-bond donors (Lipinski definition) is 2. The van der Waals surface area contributed by atoms with Crippen molar-refractivity contribution in [2.24, 2.45) is 5.92 Å². The van der Waals surface area contributed by atoms with E-state index in [9.17, 15) is 19.2 Å². The number of ether oxygens (including phenoxy) is 2. The van der Waals surface area contributed by atoms with Gasteiger partial charge in [0, 0.05) is 23.6 Å².